The molecular weight excluding hydrogens is 188 g/mol. The highest BCUT2D eigenvalue weighted by atomic mass is 16.3. The maximum Gasteiger partial charge on any atom is 0.0831 e. The fourth-order valence-electron chi connectivity index (χ4n) is 2.24. The van der Waals surface area contributed by atoms with Crippen LogP contribution in [0.4, 0.5) is 5.69 Å². The van der Waals surface area contributed by atoms with Gasteiger partial charge in [-0.25, -0.2) is 0 Å². The second-order valence-corrected chi connectivity index (χ2v) is 4.43. The molecule has 3 nitrogen and oxygen atoms in total. The number of nitrogens with two attached hydrogens (primary N) is 1. The quantitative estimate of drug-likeness (QED) is 0.716. The predicted octanol–water partition coefficient (Wildman–Crippen LogP) is 1.25. The first kappa shape index (κ1) is 10.5. The number of hydrogen-bond donors (Lipinski definition) is 2. The van der Waals surface area contributed by atoms with Crippen LogP contribution in [0.5, 0.6) is 0 Å². The van der Waals surface area contributed by atoms with Crippen LogP contribution in [0.25, 0.3) is 0 Å². The summed E-state index contributed by atoms with van der Waals surface area (Å²) in [6.45, 7) is 2.04. The van der Waals surface area contributed by atoms with Gasteiger partial charge in [0, 0.05) is 18.2 Å². The zero-order valence-corrected chi connectivity index (χ0v) is 9.06. The molecule has 0 radical (unpaired) electrons. The van der Waals surface area contributed by atoms with Gasteiger partial charge < -0.3 is 15.7 Å². The van der Waals surface area contributed by atoms with Crippen LogP contribution in [0.2, 0.25) is 0 Å². The minimum atomic E-state index is -0.376. The Balaban J connectivity index is 2.10. The van der Waals surface area contributed by atoms with E-state index < -0.39 is 0 Å². The van der Waals surface area contributed by atoms with Crippen LogP contribution in [-0.4, -0.2) is 30.1 Å². The highest BCUT2D eigenvalue weighted by molar-refractivity contribution is 5.41. The summed E-state index contributed by atoms with van der Waals surface area (Å²) < 4.78 is 0. The largest absolute Gasteiger partial charge is 0.399 e. The predicted molar refractivity (Wildman–Crippen MR) is 61.4 cm³/mol. The van der Waals surface area contributed by atoms with E-state index in [1.54, 1.807) is 0 Å². The lowest BCUT2D eigenvalue weighted by molar-refractivity contribution is 0.113. The van der Waals surface area contributed by atoms with Gasteiger partial charge in [-0.15, -0.1) is 0 Å². The van der Waals surface area contributed by atoms with Crippen molar-refractivity contribution in [2.24, 2.45) is 5.92 Å². The number of benzene rings is 1. The molecule has 15 heavy (non-hydrogen) atoms. The number of anilines is 1. The molecule has 1 aliphatic rings. The fourth-order valence-corrected chi connectivity index (χ4v) is 2.24. The minimum Gasteiger partial charge on any atom is -0.399 e. The summed E-state index contributed by atoms with van der Waals surface area (Å²) in [6.07, 6.45) is 0.686. The van der Waals surface area contributed by atoms with Gasteiger partial charge >= 0.3 is 0 Å². The van der Waals surface area contributed by atoms with Crippen molar-refractivity contribution in [3.05, 3.63) is 29.8 Å². The lowest BCUT2D eigenvalue weighted by Gasteiger charge is -2.18. The van der Waals surface area contributed by atoms with E-state index in [2.05, 4.69) is 11.9 Å². The highest BCUT2D eigenvalue weighted by Gasteiger charge is 2.27. The Labute approximate surface area is 90.5 Å². The molecule has 3 heteroatoms. The summed E-state index contributed by atoms with van der Waals surface area (Å²) >= 11 is 0. The molecule has 2 unspecified atom stereocenters. The van der Waals surface area contributed by atoms with Crippen LogP contribution in [0, 0.1) is 5.92 Å². The van der Waals surface area contributed by atoms with Crippen molar-refractivity contribution >= 4 is 5.69 Å². The molecule has 1 aromatic rings. The van der Waals surface area contributed by atoms with Gasteiger partial charge in [0.2, 0.25) is 0 Å². The monoisotopic (exact) mass is 206 g/mol. The molecule has 0 spiro atoms. The van der Waals surface area contributed by atoms with E-state index in [4.69, 9.17) is 5.73 Å². The molecule has 0 bridgehead atoms. The zero-order chi connectivity index (χ0) is 10.8. The lowest BCUT2D eigenvalue weighted by Crippen LogP contribution is -2.18. The number of likely N-dealkylation sites (tertiary alicyclic amines) is 1. The van der Waals surface area contributed by atoms with Crippen molar-refractivity contribution in [3.8, 4) is 0 Å². The summed E-state index contributed by atoms with van der Waals surface area (Å²) in [4.78, 5) is 2.25. The molecule has 0 amide bonds. The summed E-state index contributed by atoms with van der Waals surface area (Å²) in [5.74, 6) is 0.344. The van der Waals surface area contributed by atoms with Gasteiger partial charge in [-0.3, -0.25) is 0 Å². The summed E-state index contributed by atoms with van der Waals surface area (Å²) in [6, 6.07) is 7.55. The number of aliphatic hydroxyl groups is 1. The summed E-state index contributed by atoms with van der Waals surface area (Å²) in [7, 11) is 2.09. The second-order valence-electron chi connectivity index (χ2n) is 4.43. The zero-order valence-electron chi connectivity index (χ0n) is 9.06. The molecule has 0 saturated carbocycles. The highest BCUT2D eigenvalue weighted by Crippen LogP contribution is 2.29. The Morgan fingerprint density at radius 1 is 1.53 bits per heavy atom. The van der Waals surface area contributed by atoms with Crippen LogP contribution in [-0.2, 0) is 0 Å². The first-order chi connectivity index (χ1) is 7.16. The minimum absolute atomic E-state index is 0.344. The van der Waals surface area contributed by atoms with Crippen LogP contribution in [0.3, 0.4) is 0 Å². The van der Waals surface area contributed by atoms with Crippen LogP contribution >= 0.6 is 0 Å². The van der Waals surface area contributed by atoms with Gasteiger partial charge in [0.25, 0.3) is 0 Å². The van der Waals surface area contributed by atoms with E-state index in [0.29, 0.717) is 5.92 Å². The molecule has 2 rings (SSSR count). The first-order valence-corrected chi connectivity index (χ1v) is 5.39. The van der Waals surface area contributed by atoms with E-state index >= 15 is 0 Å². The van der Waals surface area contributed by atoms with Gasteiger partial charge in [0.1, 0.15) is 0 Å². The van der Waals surface area contributed by atoms with E-state index in [-0.39, 0.29) is 6.10 Å². The van der Waals surface area contributed by atoms with Crippen molar-refractivity contribution in [1.82, 2.24) is 4.90 Å². The summed E-state index contributed by atoms with van der Waals surface area (Å²) in [5, 5.41) is 10.2. The van der Waals surface area contributed by atoms with Crippen molar-refractivity contribution in [1.29, 1.82) is 0 Å². The Bertz CT molecular complexity index is 340. The van der Waals surface area contributed by atoms with Crippen LogP contribution < -0.4 is 5.73 Å². The maximum absolute atomic E-state index is 10.2. The Kier molecular flexibility index (Phi) is 2.93. The smallest absolute Gasteiger partial charge is 0.0831 e. The first-order valence-electron chi connectivity index (χ1n) is 5.39. The standard InChI is InChI=1S/C12H18N2O/c1-14-6-5-10(8-14)12(15)9-3-2-4-11(13)7-9/h2-4,7,10,12,15H,5-6,8,13H2,1H3. The number of hydrogen-bond acceptors (Lipinski definition) is 3. The number of aliphatic hydroxyl groups excluding tert-OH is 1. The fraction of sp³-hybridized carbons (Fsp3) is 0.500. The number of rotatable bonds is 2. The van der Waals surface area contributed by atoms with E-state index in [1.165, 1.54) is 0 Å². The third-order valence-corrected chi connectivity index (χ3v) is 3.13. The number of nitrogens with zero attached hydrogens (tertiary/aromatic N) is 1. The van der Waals surface area contributed by atoms with E-state index in [0.717, 1.165) is 30.8 Å². The van der Waals surface area contributed by atoms with E-state index in [9.17, 15) is 5.11 Å². The van der Waals surface area contributed by atoms with E-state index in [1.807, 2.05) is 24.3 Å². The van der Waals surface area contributed by atoms with Crippen molar-refractivity contribution < 1.29 is 5.11 Å². The second kappa shape index (κ2) is 4.21. The van der Waals surface area contributed by atoms with Crippen LogP contribution in [0.15, 0.2) is 24.3 Å². The third-order valence-electron chi connectivity index (χ3n) is 3.13. The van der Waals surface area contributed by atoms with Crippen molar-refractivity contribution in [3.63, 3.8) is 0 Å². The Morgan fingerprint density at radius 2 is 2.33 bits per heavy atom. The maximum atomic E-state index is 10.2. The molecule has 1 fully saturated rings. The topological polar surface area (TPSA) is 49.5 Å². The molecule has 3 N–H and O–H groups in total. The molecule has 1 heterocycles. The Morgan fingerprint density at radius 3 is 2.93 bits per heavy atom. The van der Waals surface area contributed by atoms with Crippen molar-refractivity contribution in [2.75, 3.05) is 25.9 Å². The molecular formula is C12H18N2O. The average Bonchev–Trinajstić information content (AvgIpc) is 2.64. The number of nitrogen functional groups attached to an aromatic ring is 1. The van der Waals surface area contributed by atoms with Gasteiger partial charge in [0.05, 0.1) is 6.10 Å². The SMILES string of the molecule is CN1CCC(C(O)c2cccc(N)c2)C1. The summed E-state index contributed by atoms with van der Waals surface area (Å²) in [5.41, 5.74) is 7.36. The van der Waals surface area contributed by atoms with Crippen molar-refractivity contribution in [2.45, 2.75) is 12.5 Å². The van der Waals surface area contributed by atoms with Gasteiger partial charge in [-0.05, 0) is 37.7 Å². The van der Waals surface area contributed by atoms with Crippen LogP contribution in [0.1, 0.15) is 18.1 Å². The normalized spacial score (nSPS) is 24.3. The molecule has 0 aromatic heterocycles. The van der Waals surface area contributed by atoms with Gasteiger partial charge in [0.15, 0.2) is 0 Å². The molecule has 82 valence electrons. The van der Waals surface area contributed by atoms with Gasteiger partial charge in [-0.2, -0.15) is 0 Å². The average molecular weight is 206 g/mol. The third kappa shape index (κ3) is 2.30. The molecule has 1 aliphatic heterocycles. The molecule has 2 atom stereocenters. The van der Waals surface area contributed by atoms with Gasteiger partial charge in [-0.1, -0.05) is 12.1 Å². The molecule has 1 saturated heterocycles. The Hall–Kier alpha value is -1.06. The molecule has 1 aromatic carbocycles. The molecule has 0 aliphatic carbocycles. The lowest BCUT2D eigenvalue weighted by atomic mass is 9.95.